The molecule has 34 heavy (non-hydrogen) atoms. The van der Waals surface area contributed by atoms with E-state index in [2.05, 4.69) is 5.32 Å². The standard InChI is InChI=1S/C24H26FN3O6/c1-3-11-33-19-10-9-17(13-20(19)34-12-4-2)28-23(31)22(30)27(24(28)32)15-21(29)26-14-16-7-5-6-8-18(16)25/h5-10,13H,3-4,11-12,14-15H2,1-2H3,(H,26,29). The Bertz CT molecular complexity index is 1090. The van der Waals surface area contributed by atoms with E-state index in [9.17, 15) is 23.6 Å². The third kappa shape index (κ3) is 5.51. The van der Waals surface area contributed by atoms with Gasteiger partial charge in [-0.1, -0.05) is 32.0 Å². The number of nitrogens with zero attached hydrogens (tertiary/aromatic N) is 2. The second kappa shape index (κ2) is 11.3. The van der Waals surface area contributed by atoms with Crippen LogP contribution in [0.15, 0.2) is 42.5 Å². The molecule has 1 heterocycles. The van der Waals surface area contributed by atoms with Crippen molar-refractivity contribution in [3.05, 3.63) is 53.8 Å². The first-order valence-corrected chi connectivity index (χ1v) is 11.0. The van der Waals surface area contributed by atoms with Gasteiger partial charge in [-0.15, -0.1) is 0 Å². The summed E-state index contributed by atoms with van der Waals surface area (Å²) in [7, 11) is 0. The minimum atomic E-state index is -1.13. The maximum Gasteiger partial charge on any atom is 0.339 e. The molecule has 3 rings (SSSR count). The third-order valence-corrected chi connectivity index (χ3v) is 4.90. The summed E-state index contributed by atoms with van der Waals surface area (Å²) in [6.45, 7) is 3.92. The van der Waals surface area contributed by atoms with E-state index in [-0.39, 0.29) is 17.8 Å². The number of amides is 5. The molecule has 2 aromatic rings. The number of halogens is 1. The Morgan fingerprint density at radius 1 is 0.941 bits per heavy atom. The highest BCUT2D eigenvalue weighted by Crippen LogP contribution is 2.34. The number of nitrogens with one attached hydrogen (secondary N) is 1. The number of ether oxygens (including phenoxy) is 2. The zero-order chi connectivity index (χ0) is 24.7. The van der Waals surface area contributed by atoms with Gasteiger partial charge >= 0.3 is 17.8 Å². The second-order valence-electron chi connectivity index (χ2n) is 7.51. The Morgan fingerprint density at radius 2 is 1.62 bits per heavy atom. The zero-order valence-corrected chi connectivity index (χ0v) is 19.0. The van der Waals surface area contributed by atoms with Gasteiger partial charge in [0.1, 0.15) is 12.4 Å². The molecule has 0 atom stereocenters. The smallest absolute Gasteiger partial charge is 0.339 e. The number of carbonyl (C=O) groups is 4. The number of benzene rings is 2. The number of hydrogen-bond donors (Lipinski definition) is 1. The fourth-order valence-electron chi connectivity index (χ4n) is 3.20. The first-order valence-electron chi connectivity index (χ1n) is 11.0. The lowest BCUT2D eigenvalue weighted by Crippen LogP contribution is -2.41. The molecule has 0 unspecified atom stereocenters. The van der Waals surface area contributed by atoms with Crippen LogP contribution in [0, 0.1) is 5.82 Å². The van der Waals surface area contributed by atoms with Crippen molar-refractivity contribution < 1.29 is 33.0 Å². The second-order valence-corrected chi connectivity index (χ2v) is 7.51. The van der Waals surface area contributed by atoms with Crippen LogP contribution in [-0.2, 0) is 20.9 Å². The molecule has 1 fully saturated rings. The monoisotopic (exact) mass is 471 g/mol. The number of hydrogen-bond acceptors (Lipinski definition) is 6. The fraction of sp³-hybridized carbons (Fsp3) is 0.333. The van der Waals surface area contributed by atoms with E-state index in [1.54, 1.807) is 12.1 Å². The van der Waals surface area contributed by atoms with Gasteiger partial charge in [0.2, 0.25) is 5.91 Å². The Hall–Kier alpha value is -3.95. The highest BCUT2D eigenvalue weighted by molar-refractivity contribution is 6.53. The molecule has 1 aliphatic heterocycles. The van der Waals surface area contributed by atoms with Crippen molar-refractivity contribution >= 4 is 29.4 Å². The largest absolute Gasteiger partial charge is 0.490 e. The predicted octanol–water partition coefficient (Wildman–Crippen LogP) is 3.01. The lowest BCUT2D eigenvalue weighted by atomic mass is 10.2. The molecular weight excluding hydrogens is 445 g/mol. The average molecular weight is 471 g/mol. The molecule has 0 aromatic heterocycles. The van der Waals surface area contributed by atoms with Crippen molar-refractivity contribution in [1.82, 2.24) is 10.2 Å². The van der Waals surface area contributed by atoms with Gasteiger partial charge in [0.15, 0.2) is 11.5 Å². The number of anilines is 1. The van der Waals surface area contributed by atoms with Gasteiger partial charge in [-0.2, -0.15) is 0 Å². The number of carbonyl (C=O) groups excluding carboxylic acids is 4. The van der Waals surface area contributed by atoms with E-state index in [0.717, 1.165) is 12.8 Å². The Kier molecular flexibility index (Phi) is 8.18. The molecule has 0 saturated carbocycles. The summed E-state index contributed by atoms with van der Waals surface area (Å²) >= 11 is 0. The first kappa shape index (κ1) is 24.7. The van der Waals surface area contributed by atoms with Crippen LogP contribution in [0.3, 0.4) is 0 Å². The summed E-state index contributed by atoms with van der Waals surface area (Å²) in [6.07, 6.45) is 1.51. The van der Waals surface area contributed by atoms with Gasteiger partial charge in [-0.05, 0) is 31.0 Å². The van der Waals surface area contributed by atoms with Gasteiger partial charge in [0.25, 0.3) is 0 Å². The van der Waals surface area contributed by atoms with Crippen LogP contribution in [0.25, 0.3) is 0 Å². The quantitative estimate of drug-likeness (QED) is 0.399. The minimum absolute atomic E-state index is 0.118. The summed E-state index contributed by atoms with van der Waals surface area (Å²) < 4.78 is 25.1. The highest BCUT2D eigenvalue weighted by atomic mass is 19.1. The Balaban J connectivity index is 1.73. The van der Waals surface area contributed by atoms with Gasteiger partial charge in [-0.25, -0.2) is 19.0 Å². The highest BCUT2D eigenvalue weighted by Gasteiger charge is 2.46. The van der Waals surface area contributed by atoms with Gasteiger partial charge in [0.05, 0.1) is 18.9 Å². The van der Waals surface area contributed by atoms with Crippen molar-refractivity contribution in [3.8, 4) is 11.5 Å². The average Bonchev–Trinajstić information content (AvgIpc) is 3.04. The summed E-state index contributed by atoms with van der Waals surface area (Å²) in [6, 6.07) is 9.40. The van der Waals surface area contributed by atoms with Crippen LogP contribution in [0.1, 0.15) is 32.3 Å². The van der Waals surface area contributed by atoms with Crippen molar-refractivity contribution in [3.63, 3.8) is 0 Å². The molecule has 0 aliphatic carbocycles. The lowest BCUT2D eigenvalue weighted by molar-refractivity contribution is -0.140. The van der Waals surface area contributed by atoms with Crippen molar-refractivity contribution in [2.24, 2.45) is 0 Å². The predicted molar refractivity (Wildman–Crippen MR) is 121 cm³/mol. The maximum absolute atomic E-state index is 13.7. The minimum Gasteiger partial charge on any atom is -0.490 e. The zero-order valence-electron chi connectivity index (χ0n) is 19.0. The fourth-order valence-corrected chi connectivity index (χ4v) is 3.20. The van der Waals surface area contributed by atoms with Crippen molar-refractivity contribution in [1.29, 1.82) is 0 Å². The third-order valence-electron chi connectivity index (χ3n) is 4.90. The van der Waals surface area contributed by atoms with Gasteiger partial charge in [0, 0.05) is 18.2 Å². The molecule has 0 radical (unpaired) electrons. The van der Waals surface area contributed by atoms with Crippen LogP contribution >= 0.6 is 0 Å². The van der Waals surface area contributed by atoms with E-state index in [1.165, 1.54) is 30.3 Å². The molecule has 2 aromatic carbocycles. The molecule has 9 nitrogen and oxygen atoms in total. The van der Waals surface area contributed by atoms with Crippen LogP contribution in [0.4, 0.5) is 14.9 Å². The summed E-state index contributed by atoms with van der Waals surface area (Å²) in [5.74, 6) is -2.64. The van der Waals surface area contributed by atoms with Crippen LogP contribution in [-0.4, -0.2) is 48.4 Å². The summed E-state index contributed by atoms with van der Waals surface area (Å²) in [5, 5.41) is 2.45. The van der Waals surface area contributed by atoms with Crippen molar-refractivity contribution in [2.45, 2.75) is 33.2 Å². The SMILES string of the molecule is CCCOc1ccc(N2C(=O)C(=O)N(CC(=O)NCc3ccccc3F)C2=O)cc1OCCC. The molecule has 10 heteroatoms. The van der Waals surface area contributed by atoms with E-state index in [4.69, 9.17) is 9.47 Å². The van der Waals surface area contributed by atoms with E-state index in [0.29, 0.717) is 34.5 Å². The Morgan fingerprint density at radius 3 is 2.29 bits per heavy atom. The van der Waals surface area contributed by atoms with Crippen LogP contribution in [0.2, 0.25) is 0 Å². The molecule has 1 N–H and O–H groups in total. The molecule has 1 saturated heterocycles. The number of rotatable bonds is 11. The molecule has 180 valence electrons. The first-order chi connectivity index (χ1) is 16.4. The maximum atomic E-state index is 13.7. The Labute approximate surface area is 196 Å². The normalized spacial score (nSPS) is 13.4. The molecule has 1 aliphatic rings. The number of imide groups is 2. The van der Waals surface area contributed by atoms with Crippen LogP contribution < -0.4 is 19.7 Å². The van der Waals surface area contributed by atoms with Gasteiger partial charge < -0.3 is 14.8 Å². The van der Waals surface area contributed by atoms with Crippen LogP contribution in [0.5, 0.6) is 11.5 Å². The topological polar surface area (TPSA) is 105 Å². The lowest BCUT2D eigenvalue weighted by Gasteiger charge is -2.18. The van der Waals surface area contributed by atoms with E-state index >= 15 is 0 Å². The summed E-state index contributed by atoms with van der Waals surface area (Å²) in [5.41, 5.74) is 0.366. The summed E-state index contributed by atoms with van der Waals surface area (Å²) in [4.78, 5) is 51.4. The number of urea groups is 1. The molecule has 0 bridgehead atoms. The van der Waals surface area contributed by atoms with E-state index in [1.807, 2.05) is 13.8 Å². The van der Waals surface area contributed by atoms with Crippen molar-refractivity contribution in [2.75, 3.05) is 24.7 Å². The van der Waals surface area contributed by atoms with E-state index < -0.39 is 36.1 Å². The molecule has 5 amide bonds. The van der Waals surface area contributed by atoms with Gasteiger partial charge in [-0.3, -0.25) is 14.4 Å². The molecular formula is C24H26FN3O6. The molecule has 0 spiro atoms.